The molecule has 0 aliphatic heterocycles. The van der Waals surface area contributed by atoms with E-state index in [1.165, 1.54) is 56.6 Å². The Kier molecular flexibility index (Phi) is 10.9. The molecule has 0 fully saturated rings. The summed E-state index contributed by atoms with van der Waals surface area (Å²) in [6, 6.07) is 12.2. The number of ether oxygens (including phenoxy) is 1. The van der Waals surface area contributed by atoms with Crippen LogP contribution in [0.1, 0.15) is 77.1 Å². The Hall–Kier alpha value is -4.09. The van der Waals surface area contributed by atoms with Crippen LogP contribution in [-0.4, -0.2) is 38.7 Å². The fourth-order valence-corrected chi connectivity index (χ4v) is 5.70. The van der Waals surface area contributed by atoms with Crippen molar-refractivity contribution in [3.05, 3.63) is 75.8 Å². The predicted molar refractivity (Wildman–Crippen MR) is 176 cm³/mol. The van der Waals surface area contributed by atoms with Crippen LogP contribution in [0.4, 0.5) is 5.69 Å². The average Bonchev–Trinajstić information content (AvgIpc) is 2.92. The van der Waals surface area contributed by atoms with Gasteiger partial charge in [-0.05, 0) is 75.9 Å². The number of carbonyl (C=O) groups is 2. The van der Waals surface area contributed by atoms with E-state index >= 15 is 0 Å². The van der Waals surface area contributed by atoms with Crippen molar-refractivity contribution in [3.8, 4) is 17.2 Å². The van der Waals surface area contributed by atoms with Crippen LogP contribution in [0.5, 0.6) is 17.2 Å². The van der Waals surface area contributed by atoms with E-state index in [2.05, 4.69) is 15.8 Å². The first-order valence-electron chi connectivity index (χ1n) is 14.2. The highest BCUT2D eigenvalue weighted by Gasteiger charge is 2.27. The molecule has 2 amide bonds. The number of anilines is 1. The molecule has 0 radical (unpaired) electrons. The molecule has 0 spiro atoms. The third-order valence-corrected chi connectivity index (χ3v) is 8.25. The Bertz CT molecular complexity index is 1670. The Morgan fingerprint density at radius 1 is 0.978 bits per heavy atom. The lowest BCUT2D eigenvalue weighted by molar-refractivity contribution is -0.121. The standard InChI is InChI=1S/C33H40ClN3O7S/c1-20(38)36-23-10-12-24(13-11-23)45(41,42)44-31-27(34)17-22(18-28(31)43-8)19-35-37-29(39)14-9-21-15-25(32(2,3)4)30(40)26(16-21)33(5,6)7/h10-13,15-19,40H,9,14H2,1-8H3,(H,36,38)(H,37,39)/b35-19-. The number of benzene rings is 3. The first-order valence-corrected chi connectivity index (χ1v) is 16.0. The fraction of sp³-hybridized carbons (Fsp3) is 0.364. The molecule has 3 N–H and O–H groups in total. The van der Waals surface area contributed by atoms with E-state index in [0.717, 1.165) is 16.7 Å². The normalized spacial score (nSPS) is 12.2. The predicted octanol–water partition coefficient (Wildman–Crippen LogP) is 6.46. The molecule has 10 nitrogen and oxygen atoms in total. The second-order valence-electron chi connectivity index (χ2n) is 12.6. The molecule has 3 aromatic carbocycles. The number of hydrogen-bond donors (Lipinski definition) is 3. The Balaban J connectivity index is 1.70. The van der Waals surface area contributed by atoms with Crippen molar-refractivity contribution < 1.29 is 32.0 Å². The van der Waals surface area contributed by atoms with Gasteiger partial charge in [0.15, 0.2) is 5.75 Å². The number of aryl methyl sites for hydroxylation is 1. The van der Waals surface area contributed by atoms with E-state index in [1.54, 1.807) is 0 Å². The molecule has 0 saturated carbocycles. The zero-order valence-electron chi connectivity index (χ0n) is 26.7. The molecular weight excluding hydrogens is 618 g/mol. The van der Waals surface area contributed by atoms with Crippen molar-refractivity contribution in [1.29, 1.82) is 0 Å². The molecule has 0 saturated heterocycles. The Labute approximate surface area is 269 Å². The van der Waals surface area contributed by atoms with E-state index in [9.17, 15) is 23.1 Å². The zero-order valence-corrected chi connectivity index (χ0v) is 28.3. The topological polar surface area (TPSA) is 143 Å². The van der Waals surface area contributed by atoms with Crippen LogP contribution in [0.25, 0.3) is 0 Å². The third-order valence-electron chi connectivity index (χ3n) is 6.74. The van der Waals surface area contributed by atoms with Crippen molar-refractivity contribution in [2.24, 2.45) is 5.10 Å². The summed E-state index contributed by atoms with van der Waals surface area (Å²) in [5, 5.41) is 17.4. The van der Waals surface area contributed by atoms with Crippen LogP contribution in [0.3, 0.4) is 0 Å². The van der Waals surface area contributed by atoms with E-state index in [4.69, 9.17) is 20.5 Å². The number of phenols is 1. The minimum absolute atomic E-state index is 0.0327. The molecule has 0 aromatic heterocycles. The van der Waals surface area contributed by atoms with Gasteiger partial charge in [0.25, 0.3) is 0 Å². The van der Waals surface area contributed by atoms with Gasteiger partial charge in [0.2, 0.25) is 17.6 Å². The first kappa shape index (κ1) is 35.4. The molecule has 0 heterocycles. The Morgan fingerprint density at radius 2 is 1.56 bits per heavy atom. The number of halogens is 1. The van der Waals surface area contributed by atoms with Gasteiger partial charge in [0.05, 0.1) is 18.3 Å². The number of rotatable bonds is 10. The van der Waals surface area contributed by atoms with Crippen molar-refractivity contribution >= 4 is 45.4 Å². The number of aromatic hydroxyl groups is 1. The molecule has 3 rings (SSSR count). The summed E-state index contributed by atoms with van der Waals surface area (Å²) < 4.78 is 36.4. The highest BCUT2D eigenvalue weighted by Crippen LogP contribution is 2.40. The van der Waals surface area contributed by atoms with E-state index in [0.29, 0.717) is 17.7 Å². The number of hydrogen-bond acceptors (Lipinski definition) is 8. The number of nitrogens with zero attached hydrogens (tertiary/aromatic N) is 1. The highest BCUT2D eigenvalue weighted by molar-refractivity contribution is 7.87. The number of nitrogens with one attached hydrogen (secondary N) is 2. The van der Waals surface area contributed by atoms with E-state index in [-0.39, 0.29) is 56.2 Å². The highest BCUT2D eigenvalue weighted by atomic mass is 35.5. The molecule has 45 heavy (non-hydrogen) atoms. The lowest BCUT2D eigenvalue weighted by Crippen LogP contribution is -2.20. The molecule has 0 aliphatic carbocycles. The maximum absolute atomic E-state index is 12.9. The minimum atomic E-state index is -4.29. The number of amides is 2. The average molecular weight is 658 g/mol. The van der Waals surface area contributed by atoms with Gasteiger partial charge < -0.3 is 19.3 Å². The monoisotopic (exact) mass is 657 g/mol. The summed E-state index contributed by atoms with van der Waals surface area (Å²) >= 11 is 6.37. The van der Waals surface area contributed by atoms with Crippen LogP contribution in [0.15, 0.2) is 58.5 Å². The first-order chi connectivity index (χ1) is 20.8. The van der Waals surface area contributed by atoms with Crippen molar-refractivity contribution in [2.75, 3.05) is 12.4 Å². The third kappa shape index (κ3) is 9.45. The lowest BCUT2D eigenvalue weighted by Gasteiger charge is -2.28. The van der Waals surface area contributed by atoms with Gasteiger partial charge in [0.1, 0.15) is 10.6 Å². The van der Waals surface area contributed by atoms with E-state index in [1.807, 2.05) is 53.7 Å². The number of phenolic OH excluding ortho intramolecular Hbond substituents is 1. The quantitative estimate of drug-likeness (QED) is 0.129. The second-order valence-corrected chi connectivity index (χ2v) is 14.6. The van der Waals surface area contributed by atoms with Gasteiger partial charge in [-0.25, -0.2) is 5.43 Å². The summed E-state index contributed by atoms with van der Waals surface area (Å²) in [7, 11) is -2.96. The van der Waals surface area contributed by atoms with Crippen LogP contribution in [0.2, 0.25) is 5.02 Å². The fourth-order valence-electron chi connectivity index (χ4n) is 4.44. The Morgan fingerprint density at radius 3 is 2.07 bits per heavy atom. The maximum atomic E-state index is 12.9. The summed E-state index contributed by atoms with van der Waals surface area (Å²) in [5.41, 5.74) is 5.38. The summed E-state index contributed by atoms with van der Waals surface area (Å²) in [6.07, 6.45) is 1.96. The van der Waals surface area contributed by atoms with Crippen LogP contribution < -0.4 is 19.7 Å². The van der Waals surface area contributed by atoms with Crippen molar-refractivity contribution in [1.82, 2.24) is 5.43 Å². The van der Waals surface area contributed by atoms with Gasteiger partial charge in [-0.3, -0.25) is 9.59 Å². The number of hydrazone groups is 1. The molecular formula is C33H40ClN3O7S. The lowest BCUT2D eigenvalue weighted by atomic mass is 9.78. The smallest absolute Gasteiger partial charge is 0.339 e. The van der Waals surface area contributed by atoms with Gasteiger partial charge in [-0.1, -0.05) is 65.3 Å². The number of methoxy groups -OCH3 is 1. The molecule has 12 heteroatoms. The van der Waals surface area contributed by atoms with Crippen LogP contribution in [0, 0.1) is 0 Å². The molecule has 0 aliphatic rings. The van der Waals surface area contributed by atoms with Crippen LogP contribution in [-0.2, 0) is 37.0 Å². The second kappa shape index (κ2) is 13.9. The van der Waals surface area contributed by atoms with Gasteiger partial charge >= 0.3 is 10.1 Å². The number of carbonyl (C=O) groups excluding carboxylic acids is 2. The zero-order chi connectivity index (χ0) is 33.7. The van der Waals surface area contributed by atoms with Gasteiger partial charge in [0, 0.05) is 19.0 Å². The van der Waals surface area contributed by atoms with Crippen molar-refractivity contribution in [3.63, 3.8) is 0 Å². The van der Waals surface area contributed by atoms with Gasteiger partial charge in [-0.15, -0.1) is 0 Å². The van der Waals surface area contributed by atoms with Crippen molar-refractivity contribution in [2.45, 2.75) is 77.0 Å². The van der Waals surface area contributed by atoms with Gasteiger partial charge in [-0.2, -0.15) is 13.5 Å². The largest absolute Gasteiger partial charge is 0.507 e. The molecule has 0 bridgehead atoms. The summed E-state index contributed by atoms with van der Waals surface area (Å²) in [4.78, 5) is 23.7. The summed E-state index contributed by atoms with van der Waals surface area (Å²) in [5.74, 6) is -0.509. The van der Waals surface area contributed by atoms with Crippen LogP contribution >= 0.6 is 11.6 Å². The molecule has 0 atom stereocenters. The van der Waals surface area contributed by atoms with E-state index < -0.39 is 10.1 Å². The minimum Gasteiger partial charge on any atom is -0.507 e. The molecule has 0 unspecified atom stereocenters. The SMILES string of the molecule is COc1cc(/C=N\NC(=O)CCc2cc(C(C)(C)C)c(O)c(C(C)(C)C)c2)cc(Cl)c1OS(=O)(=O)c1ccc(NC(C)=O)cc1. The maximum Gasteiger partial charge on any atom is 0.339 e. The molecule has 3 aromatic rings. The molecule has 242 valence electrons. The summed E-state index contributed by atoms with van der Waals surface area (Å²) in [6.45, 7) is 13.6.